The van der Waals surface area contributed by atoms with Crippen molar-refractivity contribution < 1.29 is 14.6 Å². The second kappa shape index (κ2) is 8.67. The Bertz CT molecular complexity index is 976. The highest BCUT2D eigenvalue weighted by molar-refractivity contribution is 5.70. The maximum atomic E-state index is 13.0. The lowest BCUT2D eigenvalue weighted by Crippen LogP contribution is -2.49. The van der Waals surface area contributed by atoms with Crippen molar-refractivity contribution in [1.82, 2.24) is 9.88 Å². The van der Waals surface area contributed by atoms with Gasteiger partial charge in [-0.05, 0) is 35.2 Å². The van der Waals surface area contributed by atoms with Gasteiger partial charge in [-0.15, -0.1) is 0 Å². The van der Waals surface area contributed by atoms with Crippen molar-refractivity contribution >= 4 is 6.09 Å². The van der Waals surface area contributed by atoms with Crippen LogP contribution in [0, 0.1) is 0 Å². The Labute approximate surface area is 177 Å². The molecule has 1 fully saturated rings. The van der Waals surface area contributed by atoms with Crippen molar-refractivity contribution in [2.24, 2.45) is 0 Å². The fourth-order valence-electron chi connectivity index (χ4n) is 4.13. The molecule has 0 radical (unpaired) electrons. The van der Waals surface area contributed by atoms with Crippen molar-refractivity contribution in [3.05, 3.63) is 90.3 Å². The van der Waals surface area contributed by atoms with Gasteiger partial charge in [0, 0.05) is 38.4 Å². The lowest BCUT2D eigenvalue weighted by molar-refractivity contribution is -0.0718. The molecular formula is C25H26N2O3. The number of cyclic esters (lactones) is 1. The number of ether oxygens (including phenoxy) is 1. The van der Waals surface area contributed by atoms with E-state index in [1.54, 1.807) is 11.1 Å². The van der Waals surface area contributed by atoms with Crippen molar-refractivity contribution in [2.45, 2.75) is 31.4 Å². The molecule has 154 valence electrons. The van der Waals surface area contributed by atoms with E-state index in [9.17, 15) is 9.90 Å². The molecule has 1 saturated heterocycles. The summed E-state index contributed by atoms with van der Waals surface area (Å²) < 4.78 is 5.97. The van der Waals surface area contributed by atoms with Crippen LogP contribution in [0.3, 0.4) is 0 Å². The molecule has 1 aliphatic heterocycles. The number of aliphatic hydroxyl groups is 1. The summed E-state index contributed by atoms with van der Waals surface area (Å²) in [5.41, 5.74) is 3.36. The highest BCUT2D eigenvalue weighted by atomic mass is 16.6. The number of pyridine rings is 1. The van der Waals surface area contributed by atoms with Crippen molar-refractivity contribution in [1.29, 1.82) is 0 Å². The number of hydrogen-bond acceptors (Lipinski definition) is 4. The normalized spacial score (nSPS) is 19.9. The number of nitrogens with zero attached hydrogens (tertiary/aromatic N) is 2. The first-order valence-corrected chi connectivity index (χ1v) is 10.3. The molecule has 2 atom stereocenters. The van der Waals surface area contributed by atoms with Crippen LogP contribution in [0.2, 0.25) is 0 Å². The monoisotopic (exact) mass is 402 g/mol. The van der Waals surface area contributed by atoms with Gasteiger partial charge in [0.05, 0.1) is 6.04 Å². The van der Waals surface area contributed by atoms with Crippen LogP contribution >= 0.6 is 0 Å². The third kappa shape index (κ3) is 3.94. The third-order valence-corrected chi connectivity index (χ3v) is 5.94. The maximum absolute atomic E-state index is 13.0. The van der Waals surface area contributed by atoms with Crippen LogP contribution in [0.15, 0.2) is 79.1 Å². The van der Waals surface area contributed by atoms with Crippen molar-refractivity contribution in [2.75, 3.05) is 13.2 Å². The SMILES string of the molecule is CC(c1ccc(-c2cccnc2)cc1)N1CCC(CCO)(c2ccccc2)OC1=O. The highest BCUT2D eigenvalue weighted by Crippen LogP contribution is 2.39. The van der Waals surface area contributed by atoms with Crippen LogP contribution in [0.4, 0.5) is 4.79 Å². The van der Waals surface area contributed by atoms with Gasteiger partial charge < -0.3 is 14.7 Å². The van der Waals surface area contributed by atoms with Crippen LogP contribution in [0.1, 0.15) is 36.9 Å². The van der Waals surface area contributed by atoms with E-state index in [4.69, 9.17) is 4.74 Å². The van der Waals surface area contributed by atoms with Crippen molar-refractivity contribution in [3.8, 4) is 11.1 Å². The van der Waals surface area contributed by atoms with Gasteiger partial charge in [-0.2, -0.15) is 0 Å². The molecule has 5 nitrogen and oxygen atoms in total. The molecular weight excluding hydrogens is 376 g/mol. The molecule has 0 saturated carbocycles. The molecule has 1 aromatic heterocycles. The van der Waals surface area contributed by atoms with Gasteiger partial charge in [-0.25, -0.2) is 4.79 Å². The molecule has 4 rings (SSSR count). The molecule has 3 aromatic rings. The molecule has 1 aliphatic rings. The van der Waals surface area contributed by atoms with Crippen LogP contribution in [0.25, 0.3) is 11.1 Å². The summed E-state index contributed by atoms with van der Waals surface area (Å²) in [6.07, 6.45) is 4.29. The first-order chi connectivity index (χ1) is 14.6. The van der Waals surface area contributed by atoms with Crippen molar-refractivity contribution in [3.63, 3.8) is 0 Å². The van der Waals surface area contributed by atoms with Crippen LogP contribution < -0.4 is 0 Å². The van der Waals surface area contributed by atoms with E-state index in [1.165, 1.54) is 0 Å². The number of aromatic nitrogens is 1. The topological polar surface area (TPSA) is 62.7 Å². The Hall–Kier alpha value is -3.18. The number of rotatable bonds is 6. The number of amides is 1. The molecule has 2 aromatic carbocycles. The summed E-state index contributed by atoms with van der Waals surface area (Å²) in [5.74, 6) is 0. The fraction of sp³-hybridized carbons (Fsp3) is 0.280. The predicted molar refractivity (Wildman–Crippen MR) is 116 cm³/mol. The minimum atomic E-state index is -0.770. The summed E-state index contributed by atoms with van der Waals surface area (Å²) in [6, 6.07) is 21.8. The Balaban J connectivity index is 1.51. The predicted octanol–water partition coefficient (Wildman–Crippen LogP) is 4.93. The molecule has 2 unspecified atom stereocenters. The summed E-state index contributed by atoms with van der Waals surface area (Å²) in [5, 5.41) is 9.59. The lowest BCUT2D eigenvalue weighted by Gasteiger charge is -2.43. The molecule has 0 aliphatic carbocycles. The number of aliphatic hydroxyl groups excluding tert-OH is 1. The van der Waals surface area contributed by atoms with E-state index < -0.39 is 5.60 Å². The van der Waals surface area contributed by atoms with Gasteiger partial charge in [0.2, 0.25) is 0 Å². The first kappa shape index (κ1) is 20.1. The number of hydrogen-bond donors (Lipinski definition) is 1. The van der Waals surface area contributed by atoms with Gasteiger partial charge in [0.25, 0.3) is 0 Å². The quantitative estimate of drug-likeness (QED) is 0.635. The number of carbonyl (C=O) groups is 1. The largest absolute Gasteiger partial charge is 0.438 e. The van der Waals surface area contributed by atoms with E-state index >= 15 is 0 Å². The average molecular weight is 402 g/mol. The standard InChI is InChI=1S/C25H26N2O3/c1-19(20-9-11-21(12-10-20)22-6-5-15-26-18-22)27-16-13-25(14-17-28,30-24(27)29)23-7-3-2-4-8-23/h2-12,15,18-19,28H,13-14,16-17H2,1H3. The van der Waals surface area contributed by atoms with Gasteiger partial charge in [0.15, 0.2) is 0 Å². The fourth-order valence-corrected chi connectivity index (χ4v) is 4.13. The summed E-state index contributed by atoms with van der Waals surface area (Å²) in [6.45, 7) is 2.55. The minimum absolute atomic E-state index is 0.0342. The Morgan fingerprint density at radius 3 is 2.47 bits per heavy atom. The maximum Gasteiger partial charge on any atom is 0.411 e. The zero-order chi connectivity index (χ0) is 21.0. The van der Waals surface area contributed by atoms with Gasteiger partial charge in [0.1, 0.15) is 5.60 Å². The molecule has 1 amide bonds. The molecule has 2 heterocycles. The van der Waals surface area contributed by atoms with E-state index in [0.717, 1.165) is 22.3 Å². The zero-order valence-electron chi connectivity index (χ0n) is 17.1. The molecule has 30 heavy (non-hydrogen) atoms. The zero-order valence-corrected chi connectivity index (χ0v) is 17.1. The molecule has 1 N–H and O–H groups in total. The van der Waals surface area contributed by atoms with Gasteiger partial charge >= 0.3 is 6.09 Å². The molecule has 0 spiro atoms. The average Bonchev–Trinajstić information content (AvgIpc) is 2.80. The van der Waals surface area contributed by atoms with Crippen LogP contribution in [-0.2, 0) is 10.3 Å². The second-order valence-electron chi connectivity index (χ2n) is 7.68. The number of benzene rings is 2. The molecule has 5 heteroatoms. The lowest BCUT2D eigenvalue weighted by atomic mass is 9.85. The third-order valence-electron chi connectivity index (χ3n) is 5.94. The Morgan fingerprint density at radius 2 is 1.83 bits per heavy atom. The first-order valence-electron chi connectivity index (χ1n) is 10.3. The summed E-state index contributed by atoms with van der Waals surface area (Å²) in [4.78, 5) is 18.9. The van der Waals surface area contributed by atoms with Gasteiger partial charge in [-0.3, -0.25) is 4.98 Å². The molecule has 0 bridgehead atoms. The van der Waals surface area contributed by atoms with E-state index in [-0.39, 0.29) is 18.7 Å². The summed E-state index contributed by atoms with van der Waals surface area (Å²) >= 11 is 0. The minimum Gasteiger partial charge on any atom is -0.438 e. The van der Waals surface area contributed by atoms with E-state index in [1.807, 2.05) is 67.7 Å². The smallest absolute Gasteiger partial charge is 0.411 e. The van der Waals surface area contributed by atoms with E-state index in [0.29, 0.717) is 19.4 Å². The van der Waals surface area contributed by atoms with E-state index in [2.05, 4.69) is 17.1 Å². The Morgan fingerprint density at radius 1 is 1.07 bits per heavy atom. The second-order valence-corrected chi connectivity index (χ2v) is 7.68. The Kier molecular flexibility index (Phi) is 5.81. The van der Waals surface area contributed by atoms with Crippen LogP contribution in [-0.4, -0.2) is 34.2 Å². The number of carbonyl (C=O) groups excluding carboxylic acids is 1. The highest BCUT2D eigenvalue weighted by Gasteiger charge is 2.43. The van der Waals surface area contributed by atoms with Gasteiger partial charge in [-0.1, -0.05) is 60.7 Å². The summed E-state index contributed by atoms with van der Waals surface area (Å²) in [7, 11) is 0. The van der Waals surface area contributed by atoms with Crippen LogP contribution in [0.5, 0.6) is 0 Å².